The van der Waals surface area contributed by atoms with Crippen molar-refractivity contribution in [1.82, 2.24) is 15.5 Å². The lowest BCUT2D eigenvalue weighted by Gasteiger charge is -2.33. The van der Waals surface area contributed by atoms with Crippen LogP contribution in [0.15, 0.2) is 34.3 Å². The number of benzene rings is 1. The van der Waals surface area contributed by atoms with Crippen molar-refractivity contribution < 1.29 is 39.0 Å². The normalized spacial score (nSPS) is 16.7. The van der Waals surface area contributed by atoms with Gasteiger partial charge in [0.15, 0.2) is 29.3 Å². The minimum absolute atomic E-state index is 0.0250. The Morgan fingerprint density at radius 3 is 1.95 bits per heavy atom. The molecule has 1 aliphatic heterocycles. The van der Waals surface area contributed by atoms with Crippen LogP contribution in [0.5, 0.6) is 5.75 Å². The summed E-state index contributed by atoms with van der Waals surface area (Å²) in [5.41, 5.74) is 21.7. The minimum atomic E-state index is -1.08. The number of aliphatic imine (C=N–C) groups is 2. The number of phenolic OH excluding ortho intramolecular Hbond substituents is 1. The van der Waals surface area contributed by atoms with E-state index in [1.165, 1.54) is 17.0 Å². The first-order chi connectivity index (χ1) is 27.6. The predicted octanol–water partition coefficient (Wildman–Crippen LogP) is 2.01. The molecule has 1 fully saturated rings. The van der Waals surface area contributed by atoms with Crippen LogP contribution in [0, 0.1) is 29.1 Å². The number of ketones is 3. The third-order valence-corrected chi connectivity index (χ3v) is 10.7. The molecule has 0 aliphatic carbocycles. The van der Waals surface area contributed by atoms with Gasteiger partial charge < -0.3 is 48.7 Å². The number of aliphatic carboxylic acids is 1. The number of guanidine groups is 2. The summed E-state index contributed by atoms with van der Waals surface area (Å²) in [6, 6.07) is 3.79. The number of Topliss-reactive ketones (excluding diaryl/α,β-unsaturated/α-hetero) is 3. The van der Waals surface area contributed by atoms with E-state index in [1.807, 2.05) is 13.8 Å². The Bertz CT molecular complexity index is 1630. The van der Waals surface area contributed by atoms with Crippen molar-refractivity contribution in [2.75, 3.05) is 26.7 Å². The highest BCUT2D eigenvalue weighted by molar-refractivity contribution is 5.97. The molecule has 1 aromatic rings. The van der Waals surface area contributed by atoms with Gasteiger partial charge in [0.1, 0.15) is 5.75 Å². The molecule has 59 heavy (non-hydrogen) atoms. The number of carboxylic acid groups (broad SMARTS) is 1. The van der Waals surface area contributed by atoms with Crippen molar-refractivity contribution in [2.24, 2.45) is 62.0 Å². The molecule has 1 aliphatic rings. The van der Waals surface area contributed by atoms with E-state index in [-0.39, 0.29) is 79.7 Å². The first-order valence-electron chi connectivity index (χ1n) is 20.6. The molecule has 2 rings (SSSR count). The van der Waals surface area contributed by atoms with Crippen molar-refractivity contribution in [3.05, 3.63) is 29.8 Å². The number of likely N-dealkylation sites (tertiary alicyclic amines) is 1. The number of amides is 2. The summed E-state index contributed by atoms with van der Waals surface area (Å²) in [5, 5.41) is 25.7. The van der Waals surface area contributed by atoms with Gasteiger partial charge in [-0.2, -0.15) is 0 Å². The molecule has 12 N–H and O–H groups in total. The molecule has 1 heterocycles. The van der Waals surface area contributed by atoms with Gasteiger partial charge >= 0.3 is 5.97 Å². The molecule has 0 bridgehead atoms. The maximum Gasteiger partial charge on any atom is 0.306 e. The Morgan fingerprint density at radius 1 is 0.847 bits per heavy atom. The molecule has 0 radical (unpaired) electrons. The van der Waals surface area contributed by atoms with Crippen LogP contribution in [0.25, 0.3) is 0 Å². The van der Waals surface area contributed by atoms with E-state index in [2.05, 4.69) is 20.6 Å². The summed E-state index contributed by atoms with van der Waals surface area (Å²) in [5.74, 6) is -5.66. The van der Waals surface area contributed by atoms with Gasteiger partial charge in [0.05, 0.1) is 24.0 Å². The molecule has 0 saturated carbocycles. The number of hydrogen-bond acceptors (Lipinski definition) is 10. The summed E-state index contributed by atoms with van der Waals surface area (Å²) in [7, 11) is 1.66. The second-order valence-corrected chi connectivity index (χ2v) is 17.2. The van der Waals surface area contributed by atoms with Gasteiger partial charge in [-0.3, -0.25) is 38.8 Å². The second kappa shape index (κ2) is 24.1. The van der Waals surface area contributed by atoms with Crippen molar-refractivity contribution >= 4 is 47.1 Å². The standard InChI is InChI=1S/C42H69N9O8/c1-25(2)20-29(39(58)59)24-35(55)36(42(3,4)5)50-37(56)28(21-26-13-15-30(52)16-14-26)23-34(54)32-12-9-19-51(32)38(57)27(10-7-17-48-40(43)44)22-33(53)31(47-6)11-8-18-49-41(45)46/h13-16,25,27-29,31-32,36,47,52H,7-12,17-24H2,1-6H3,(H,50,56)(H,58,59)(H4,43,44,48)(H4,45,46,49)/t27-,28-,29-,31+,32+,36-/m1/s1. The fraction of sp³-hybridized carbons (Fsp3) is 0.667. The quantitative estimate of drug-likeness (QED) is 0.0377. The molecule has 0 unspecified atom stereocenters. The number of nitrogens with two attached hydrogens (primary N) is 4. The fourth-order valence-electron chi connectivity index (χ4n) is 7.61. The Kier molecular flexibility index (Phi) is 20.5. The maximum atomic E-state index is 14.3. The molecule has 17 heteroatoms. The smallest absolute Gasteiger partial charge is 0.306 e. The van der Waals surface area contributed by atoms with E-state index in [9.17, 15) is 39.0 Å². The highest BCUT2D eigenvalue weighted by atomic mass is 16.4. The van der Waals surface area contributed by atoms with Gasteiger partial charge in [-0.05, 0) is 87.4 Å². The molecule has 6 atom stereocenters. The Morgan fingerprint density at radius 2 is 1.42 bits per heavy atom. The Balaban J connectivity index is 2.39. The van der Waals surface area contributed by atoms with Crippen LogP contribution < -0.4 is 33.6 Å². The first-order valence-corrected chi connectivity index (χ1v) is 20.6. The molecular formula is C42H69N9O8. The van der Waals surface area contributed by atoms with Gasteiger partial charge in [0.25, 0.3) is 0 Å². The molecular weight excluding hydrogens is 759 g/mol. The van der Waals surface area contributed by atoms with E-state index >= 15 is 0 Å². The van der Waals surface area contributed by atoms with E-state index < -0.39 is 59.0 Å². The average molecular weight is 828 g/mol. The zero-order valence-corrected chi connectivity index (χ0v) is 35.7. The summed E-state index contributed by atoms with van der Waals surface area (Å²) in [4.78, 5) is 91.7. The number of rotatable bonds is 26. The molecule has 2 amide bonds. The number of likely N-dealkylation sites (N-methyl/N-ethyl adjacent to an activating group) is 1. The molecule has 17 nitrogen and oxygen atoms in total. The lowest BCUT2D eigenvalue weighted by Crippen LogP contribution is -2.52. The number of carbonyl (C=O) groups excluding carboxylic acids is 5. The van der Waals surface area contributed by atoms with Crippen LogP contribution in [0.2, 0.25) is 0 Å². The molecule has 1 saturated heterocycles. The molecule has 0 spiro atoms. The number of hydrogen-bond donors (Lipinski definition) is 8. The number of aromatic hydroxyl groups is 1. The summed E-state index contributed by atoms with van der Waals surface area (Å²) >= 11 is 0. The number of carboxylic acids is 1. The zero-order chi connectivity index (χ0) is 44.4. The molecule has 1 aromatic carbocycles. The first kappa shape index (κ1) is 50.1. The van der Waals surface area contributed by atoms with Crippen LogP contribution in [0.4, 0.5) is 0 Å². The van der Waals surface area contributed by atoms with Gasteiger partial charge in [0.2, 0.25) is 11.8 Å². The van der Waals surface area contributed by atoms with Crippen molar-refractivity contribution in [1.29, 1.82) is 0 Å². The van der Waals surface area contributed by atoms with Crippen LogP contribution in [0.3, 0.4) is 0 Å². The maximum absolute atomic E-state index is 14.3. The highest BCUT2D eigenvalue weighted by Crippen LogP contribution is 2.29. The largest absolute Gasteiger partial charge is 0.508 e. The van der Waals surface area contributed by atoms with E-state index in [0.717, 1.165) is 0 Å². The van der Waals surface area contributed by atoms with Crippen molar-refractivity contribution in [2.45, 2.75) is 123 Å². The lowest BCUT2D eigenvalue weighted by molar-refractivity contribution is -0.145. The van der Waals surface area contributed by atoms with Crippen LogP contribution in [-0.4, -0.2) is 107 Å². The SMILES string of the molecule is CN[C@@H](CCCN=C(N)N)C(=O)C[C@@H](CCCN=C(N)N)C(=O)N1CCC[C@H]1C(=O)C[C@@H](Cc1ccc(O)cc1)C(=O)N[C@H](C(=O)C[C@@H](CC(C)C)C(=O)O)C(C)(C)C. The van der Waals surface area contributed by atoms with Gasteiger partial charge in [-0.1, -0.05) is 46.8 Å². The Hall–Kier alpha value is -5.06. The lowest BCUT2D eigenvalue weighted by atomic mass is 9.80. The van der Waals surface area contributed by atoms with Crippen molar-refractivity contribution in [3.8, 4) is 5.75 Å². The highest BCUT2D eigenvalue weighted by Gasteiger charge is 2.41. The number of nitrogens with one attached hydrogen (secondary N) is 2. The van der Waals surface area contributed by atoms with Crippen molar-refractivity contribution in [3.63, 3.8) is 0 Å². The van der Waals surface area contributed by atoms with Crippen LogP contribution in [0.1, 0.15) is 104 Å². The Labute approximate surface area is 348 Å². The third kappa shape index (κ3) is 17.4. The average Bonchev–Trinajstić information content (AvgIpc) is 3.64. The van der Waals surface area contributed by atoms with E-state index in [4.69, 9.17) is 22.9 Å². The summed E-state index contributed by atoms with van der Waals surface area (Å²) < 4.78 is 0. The number of carbonyl (C=O) groups is 6. The van der Waals surface area contributed by atoms with Crippen LogP contribution >= 0.6 is 0 Å². The summed E-state index contributed by atoms with van der Waals surface area (Å²) in [6.45, 7) is 9.97. The van der Waals surface area contributed by atoms with Gasteiger partial charge in [-0.25, -0.2) is 0 Å². The van der Waals surface area contributed by atoms with E-state index in [0.29, 0.717) is 57.2 Å². The molecule has 330 valence electrons. The van der Waals surface area contributed by atoms with E-state index in [1.54, 1.807) is 40.0 Å². The second-order valence-electron chi connectivity index (χ2n) is 17.2. The minimum Gasteiger partial charge on any atom is -0.508 e. The van der Waals surface area contributed by atoms with Gasteiger partial charge in [0, 0.05) is 50.7 Å². The summed E-state index contributed by atoms with van der Waals surface area (Å²) in [6.07, 6.45) is 2.36. The topological polar surface area (TPSA) is 299 Å². The van der Waals surface area contributed by atoms with Crippen LogP contribution in [-0.2, 0) is 35.2 Å². The predicted molar refractivity (Wildman–Crippen MR) is 227 cm³/mol. The molecule has 0 aromatic heterocycles. The number of nitrogens with zero attached hydrogens (tertiary/aromatic N) is 3. The fourth-order valence-corrected chi connectivity index (χ4v) is 7.61. The number of phenols is 1. The van der Waals surface area contributed by atoms with Gasteiger partial charge in [-0.15, -0.1) is 0 Å². The zero-order valence-electron chi connectivity index (χ0n) is 35.7. The third-order valence-electron chi connectivity index (χ3n) is 10.7. The monoisotopic (exact) mass is 828 g/mol.